The minimum atomic E-state index is -3.73. The van der Waals surface area contributed by atoms with E-state index in [1.165, 1.54) is 6.07 Å². The molecule has 21 heavy (non-hydrogen) atoms. The summed E-state index contributed by atoms with van der Waals surface area (Å²) in [5.41, 5.74) is 1.86. The molecule has 3 aromatic rings. The molecule has 1 N–H and O–H groups in total. The summed E-state index contributed by atoms with van der Waals surface area (Å²) in [5.74, 6) is 0.283. The molecule has 2 heterocycles. The van der Waals surface area contributed by atoms with Crippen LogP contribution < -0.4 is 17.1 Å². The highest BCUT2D eigenvalue weighted by Crippen LogP contribution is 2.23. The molecule has 0 atom stereocenters. The first kappa shape index (κ1) is 15.6. The Morgan fingerprint density at radius 2 is 2.00 bits per heavy atom. The van der Waals surface area contributed by atoms with Crippen LogP contribution in [0.3, 0.4) is 0 Å². The Hall–Kier alpha value is -1.77. The predicted octanol–water partition coefficient (Wildman–Crippen LogP) is -0.800. The van der Waals surface area contributed by atoms with Crippen LogP contribution in [0.25, 0.3) is 11.0 Å². The molecule has 0 saturated carbocycles. The van der Waals surface area contributed by atoms with Gasteiger partial charge in [0.05, 0.1) is 11.7 Å². The molecule has 0 saturated heterocycles. The first-order chi connectivity index (χ1) is 9.56. The molecular weight excluding hydrogens is 332 g/mol. The van der Waals surface area contributed by atoms with Gasteiger partial charge in [0.25, 0.3) is 10.0 Å². The van der Waals surface area contributed by atoms with Crippen LogP contribution in [0.2, 0.25) is 0 Å². The van der Waals surface area contributed by atoms with E-state index in [2.05, 4.69) is 18.5 Å². The average Bonchev–Trinajstić information content (AvgIpc) is 2.85. The van der Waals surface area contributed by atoms with Crippen molar-refractivity contribution in [3.63, 3.8) is 0 Å². The summed E-state index contributed by atoms with van der Waals surface area (Å²) in [6.45, 7) is 1.87. The molecular formula is C12H10ClN4O2S2-. The van der Waals surface area contributed by atoms with Crippen LogP contribution in [0.5, 0.6) is 0 Å². The highest BCUT2D eigenvalue weighted by molar-refractivity contribution is 7.93. The van der Waals surface area contributed by atoms with E-state index in [-0.39, 0.29) is 23.1 Å². The minimum absolute atomic E-state index is 0. The standard InChI is InChI=1S/C12H10N4O2S2.ClH/c1-8-5-6-13-11(7-8)16-20(17,18)10-4-2-3-9-12(10)15-19-14-9;/h2-7H,1H3,(H,13,16);1H/p-1. The summed E-state index contributed by atoms with van der Waals surface area (Å²) < 4.78 is 35.3. The number of halogens is 1. The Morgan fingerprint density at radius 3 is 2.76 bits per heavy atom. The number of hydrogen-bond donors (Lipinski definition) is 1. The van der Waals surface area contributed by atoms with Crippen molar-refractivity contribution in [2.75, 3.05) is 4.72 Å². The number of hydrogen-bond acceptors (Lipinski definition) is 6. The van der Waals surface area contributed by atoms with E-state index < -0.39 is 10.0 Å². The molecule has 0 aliphatic rings. The third kappa shape index (κ3) is 3.12. The quantitative estimate of drug-likeness (QED) is 0.674. The van der Waals surface area contributed by atoms with Gasteiger partial charge in [0, 0.05) is 6.20 Å². The number of fused-ring (bicyclic) bond motifs is 1. The lowest BCUT2D eigenvalue weighted by atomic mass is 10.3. The molecule has 1 aromatic carbocycles. The molecule has 0 fully saturated rings. The van der Waals surface area contributed by atoms with Gasteiger partial charge in [-0.25, -0.2) is 13.4 Å². The molecule has 0 amide bonds. The Morgan fingerprint density at radius 1 is 1.19 bits per heavy atom. The van der Waals surface area contributed by atoms with E-state index in [0.717, 1.165) is 17.3 Å². The Labute approximate surface area is 132 Å². The van der Waals surface area contributed by atoms with Crippen LogP contribution in [0.1, 0.15) is 5.56 Å². The number of sulfonamides is 1. The van der Waals surface area contributed by atoms with Gasteiger partial charge in [-0.2, -0.15) is 8.75 Å². The van der Waals surface area contributed by atoms with Gasteiger partial charge in [-0.3, -0.25) is 4.72 Å². The van der Waals surface area contributed by atoms with Crippen molar-refractivity contribution >= 4 is 38.6 Å². The van der Waals surface area contributed by atoms with Crippen LogP contribution in [-0.4, -0.2) is 22.1 Å². The van der Waals surface area contributed by atoms with Crippen molar-refractivity contribution in [3.8, 4) is 0 Å². The number of nitrogens with zero attached hydrogens (tertiary/aromatic N) is 3. The molecule has 0 aliphatic carbocycles. The van der Waals surface area contributed by atoms with E-state index in [9.17, 15) is 8.42 Å². The fourth-order valence-corrected chi connectivity index (χ4v) is 3.55. The van der Waals surface area contributed by atoms with Crippen molar-refractivity contribution in [1.29, 1.82) is 0 Å². The smallest absolute Gasteiger partial charge is 0.265 e. The molecule has 0 spiro atoms. The molecule has 2 aromatic heterocycles. The summed E-state index contributed by atoms with van der Waals surface area (Å²) in [7, 11) is -3.73. The number of rotatable bonds is 3. The zero-order valence-corrected chi connectivity index (χ0v) is 13.2. The fourth-order valence-electron chi connectivity index (χ4n) is 1.78. The molecule has 110 valence electrons. The lowest BCUT2D eigenvalue weighted by Crippen LogP contribution is -3.00. The van der Waals surface area contributed by atoms with Gasteiger partial charge in [-0.05, 0) is 36.8 Å². The number of nitrogens with one attached hydrogen (secondary N) is 1. The molecule has 0 aliphatic heterocycles. The number of benzene rings is 1. The van der Waals surface area contributed by atoms with Gasteiger partial charge in [-0.15, -0.1) is 0 Å². The van der Waals surface area contributed by atoms with Gasteiger partial charge in [0.2, 0.25) is 0 Å². The maximum absolute atomic E-state index is 12.4. The minimum Gasteiger partial charge on any atom is -1.00 e. The van der Waals surface area contributed by atoms with Crippen molar-refractivity contribution in [3.05, 3.63) is 42.1 Å². The zero-order valence-electron chi connectivity index (χ0n) is 10.8. The van der Waals surface area contributed by atoms with E-state index in [1.54, 1.807) is 30.5 Å². The summed E-state index contributed by atoms with van der Waals surface area (Å²) >= 11 is 0.984. The van der Waals surface area contributed by atoms with E-state index in [4.69, 9.17) is 0 Å². The van der Waals surface area contributed by atoms with Crippen LogP contribution >= 0.6 is 11.7 Å². The Bertz CT molecular complexity index is 880. The first-order valence-corrected chi connectivity index (χ1v) is 7.94. The van der Waals surface area contributed by atoms with Gasteiger partial charge >= 0.3 is 0 Å². The fraction of sp³-hybridized carbons (Fsp3) is 0.0833. The van der Waals surface area contributed by atoms with Gasteiger partial charge in [0.1, 0.15) is 21.7 Å². The second-order valence-electron chi connectivity index (χ2n) is 4.21. The molecule has 0 radical (unpaired) electrons. The normalized spacial score (nSPS) is 11.1. The van der Waals surface area contributed by atoms with E-state index in [0.29, 0.717) is 11.0 Å². The van der Waals surface area contributed by atoms with Crippen LogP contribution in [0.15, 0.2) is 41.4 Å². The zero-order chi connectivity index (χ0) is 14.2. The predicted molar refractivity (Wildman–Crippen MR) is 77.2 cm³/mol. The second-order valence-corrected chi connectivity index (χ2v) is 6.39. The Balaban J connectivity index is 0.00000161. The van der Waals surface area contributed by atoms with Gasteiger partial charge in [0.15, 0.2) is 0 Å². The van der Waals surface area contributed by atoms with E-state index in [1.807, 2.05) is 6.92 Å². The van der Waals surface area contributed by atoms with Gasteiger partial charge in [-0.1, -0.05) is 6.07 Å². The van der Waals surface area contributed by atoms with Crippen LogP contribution in [-0.2, 0) is 10.0 Å². The largest absolute Gasteiger partial charge is 1.00 e. The third-order valence-electron chi connectivity index (χ3n) is 2.69. The SMILES string of the molecule is Cc1ccnc(NS(=O)(=O)c2cccc3nsnc23)c1.[Cl-]. The molecule has 6 nitrogen and oxygen atoms in total. The van der Waals surface area contributed by atoms with Crippen molar-refractivity contribution in [2.24, 2.45) is 0 Å². The third-order valence-corrected chi connectivity index (χ3v) is 4.62. The van der Waals surface area contributed by atoms with Gasteiger partial charge < -0.3 is 12.4 Å². The summed E-state index contributed by atoms with van der Waals surface area (Å²) in [6, 6.07) is 8.33. The maximum atomic E-state index is 12.4. The first-order valence-electron chi connectivity index (χ1n) is 5.73. The molecule has 3 rings (SSSR count). The van der Waals surface area contributed by atoms with Crippen molar-refractivity contribution in [1.82, 2.24) is 13.7 Å². The van der Waals surface area contributed by atoms with Crippen molar-refractivity contribution < 1.29 is 20.8 Å². The topological polar surface area (TPSA) is 84.8 Å². The average molecular weight is 342 g/mol. The summed E-state index contributed by atoms with van der Waals surface area (Å²) in [4.78, 5) is 4.10. The molecule has 9 heteroatoms. The van der Waals surface area contributed by atoms with Crippen LogP contribution in [0.4, 0.5) is 5.82 Å². The highest BCUT2D eigenvalue weighted by atomic mass is 35.5. The number of aryl methyl sites for hydroxylation is 1. The molecule has 0 unspecified atom stereocenters. The lowest BCUT2D eigenvalue weighted by molar-refractivity contribution is -0.00000671. The maximum Gasteiger partial charge on any atom is 0.265 e. The number of pyridine rings is 1. The monoisotopic (exact) mass is 341 g/mol. The summed E-state index contributed by atoms with van der Waals surface area (Å²) in [6.07, 6.45) is 1.55. The number of anilines is 1. The summed E-state index contributed by atoms with van der Waals surface area (Å²) in [5, 5.41) is 0. The Kier molecular flexibility index (Phi) is 4.40. The second kappa shape index (κ2) is 5.92. The van der Waals surface area contributed by atoms with Crippen LogP contribution in [0, 0.1) is 6.92 Å². The highest BCUT2D eigenvalue weighted by Gasteiger charge is 2.20. The molecule has 0 bridgehead atoms. The number of aromatic nitrogens is 3. The van der Waals surface area contributed by atoms with Crippen molar-refractivity contribution in [2.45, 2.75) is 11.8 Å². The van der Waals surface area contributed by atoms with E-state index >= 15 is 0 Å². The lowest BCUT2D eigenvalue weighted by Gasteiger charge is -2.07.